The Bertz CT molecular complexity index is 776. The van der Waals surface area contributed by atoms with Crippen LogP contribution in [0.25, 0.3) is 0 Å². The van der Waals surface area contributed by atoms with Gasteiger partial charge in [-0.15, -0.1) is 0 Å². The van der Waals surface area contributed by atoms with Crippen molar-refractivity contribution >= 4 is 23.4 Å². The Labute approximate surface area is 156 Å². The lowest BCUT2D eigenvalue weighted by molar-refractivity contribution is -0.123. The van der Waals surface area contributed by atoms with E-state index < -0.39 is 0 Å². The Morgan fingerprint density at radius 1 is 1.19 bits per heavy atom. The predicted molar refractivity (Wildman–Crippen MR) is 98.4 cm³/mol. The van der Waals surface area contributed by atoms with E-state index >= 15 is 0 Å². The molecule has 6 nitrogen and oxygen atoms in total. The Morgan fingerprint density at radius 3 is 2.65 bits per heavy atom. The highest BCUT2D eigenvalue weighted by atomic mass is 35.5. The highest BCUT2D eigenvalue weighted by molar-refractivity contribution is 6.29. The van der Waals surface area contributed by atoms with E-state index in [1.165, 1.54) is 12.3 Å². The molecule has 1 fully saturated rings. The molecule has 2 N–H and O–H groups in total. The van der Waals surface area contributed by atoms with Gasteiger partial charge >= 0.3 is 0 Å². The lowest BCUT2D eigenvalue weighted by atomic mass is 10.1. The number of hydrogen-bond acceptors (Lipinski definition) is 4. The van der Waals surface area contributed by atoms with Gasteiger partial charge in [-0.3, -0.25) is 9.59 Å². The fraction of sp³-hybridized carbons (Fsp3) is 0.316. The number of pyridine rings is 1. The summed E-state index contributed by atoms with van der Waals surface area (Å²) >= 11 is 5.78. The summed E-state index contributed by atoms with van der Waals surface area (Å²) in [6.45, 7) is 0.531. The lowest BCUT2D eigenvalue weighted by Gasteiger charge is -2.08. The van der Waals surface area contributed by atoms with Crippen LogP contribution in [-0.2, 0) is 11.2 Å². The van der Waals surface area contributed by atoms with Crippen molar-refractivity contribution in [1.82, 2.24) is 15.6 Å². The van der Waals surface area contributed by atoms with Crippen molar-refractivity contribution in [1.29, 1.82) is 0 Å². The summed E-state index contributed by atoms with van der Waals surface area (Å²) in [5.74, 6) is 0.376. The number of hydrogen-bond donors (Lipinski definition) is 2. The highest BCUT2D eigenvalue weighted by Gasteiger charge is 2.23. The largest absolute Gasteiger partial charge is 0.484 e. The van der Waals surface area contributed by atoms with Crippen LogP contribution in [0.5, 0.6) is 5.75 Å². The highest BCUT2D eigenvalue weighted by Crippen LogP contribution is 2.18. The number of rotatable bonds is 8. The molecule has 136 valence electrons. The predicted octanol–water partition coefficient (Wildman–Crippen LogP) is 2.36. The van der Waals surface area contributed by atoms with Crippen LogP contribution in [0.15, 0.2) is 42.6 Å². The van der Waals surface area contributed by atoms with Crippen molar-refractivity contribution in [2.45, 2.75) is 25.3 Å². The molecule has 26 heavy (non-hydrogen) atoms. The quantitative estimate of drug-likeness (QED) is 0.696. The molecule has 1 saturated carbocycles. The average molecular weight is 374 g/mol. The van der Waals surface area contributed by atoms with Crippen LogP contribution in [0.1, 0.15) is 28.8 Å². The summed E-state index contributed by atoms with van der Waals surface area (Å²) in [7, 11) is 0. The van der Waals surface area contributed by atoms with Crippen molar-refractivity contribution < 1.29 is 14.3 Å². The minimum absolute atomic E-state index is 0.0282. The zero-order valence-corrected chi connectivity index (χ0v) is 15.0. The maximum absolute atomic E-state index is 12.0. The van der Waals surface area contributed by atoms with Crippen molar-refractivity contribution in [3.63, 3.8) is 0 Å². The summed E-state index contributed by atoms with van der Waals surface area (Å²) in [4.78, 5) is 27.5. The summed E-state index contributed by atoms with van der Waals surface area (Å²) in [6.07, 6.45) is 4.31. The van der Waals surface area contributed by atoms with E-state index in [0.29, 0.717) is 35.5 Å². The van der Waals surface area contributed by atoms with E-state index in [1.807, 2.05) is 24.3 Å². The SMILES string of the molecule is O=C(COc1ccc(CCNC(=O)c2ccnc(Cl)c2)cc1)NC1CC1. The van der Waals surface area contributed by atoms with Crippen molar-refractivity contribution in [3.05, 3.63) is 58.9 Å². The number of carbonyl (C=O) groups is 2. The van der Waals surface area contributed by atoms with Gasteiger partial charge in [-0.25, -0.2) is 4.98 Å². The third kappa shape index (κ3) is 5.74. The molecule has 0 unspecified atom stereocenters. The van der Waals surface area contributed by atoms with E-state index in [9.17, 15) is 9.59 Å². The molecule has 1 aliphatic rings. The second-order valence-corrected chi connectivity index (χ2v) is 6.53. The molecule has 1 aromatic heterocycles. The summed E-state index contributed by atoms with van der Waals surface area (Å²) in [5, 5.41) is 6.01. The van der Waals surface area contributed by atoms with Crippen molar-refractivity contribution in [2.75, 3.05) is 13.2 Å². The van der Waals surface area contributed by atoms with Gasteiger partial charge in [0.25, 0.3) is 11.8 Å². The fourth-order valence-corrected chi connectivity index (χ4v) is 2.54. The molecule has 1 heterocycles. The summed E-state index contributed by atoms with van der Waals surface area (Å²) in [5.41, 5.74) is 1.55. The third-order valence-electron chi connectivity index (χ3n) is 3.92. The van der Waals surface area contributed by atoms with Crippen LogP contribution in [0.3, 0.4) is 0 Å². The van der Waals surface area contributed by atoms with Crippen LogP contribution in [0, 0.1) is 0 Å². The number of nitrogens with zero attached hydrogens (tertiary/aromatic N) is 1. The molecule has 0 atom stereocenters. The van der Waals surface area contributed by atoms with Gasteiger partial charge in [-0.2, -0.15) is 0 Å². The van der Waals surface area contributed by atoms with Crippen molar-refractivity contribution in [2.24, 2.45) is 0 Å². The molecular formula is C19H20ClN3O3. The van der Waals surface area contributed by atoms with Gasteiger partial charge < -0.3 is 15.4 Å². The molecule has 0 aliphatic heterocycles. The average Bonchev–Trinajstić information content (AvgIpc) is 3.45. The van der Waals surface area contributed by atoms with Crippen LogP contribution >= 0.6 is 11.6 Å². The molecule has 0 radical (unpaired) electrons. The number of benzene rings is 1. The number of carbonyl (C=O) groups excluding carboxylic acids is 2. The van der Waals surface area contributed by atoms with E-state index in [4.69, 9.17) is 16.3 Å². The fourth-order valence-electron chi connectivity index (χ4n) is 2.36. The maximum Gasteiger partial charge on any atom is 0.258 e. The third-order valence-corrected chi connectivity index (χ3v) is 4.13. The molecule has 0 saturated heterocycles. The normalized spacial score (nSPS) is 13.1. The molecule has 1 aromatic carbocycles. The van der Waals surface area contributed by atoms with E-state index in [-0.39, 0.29) is 18.4 Å². The first-order valence-corrected chi connectivity index (χ1v) is 8.89. The molecule has 2 amide bonds. The second kappa shape index (κ2) is 8.67. The van der Waals surface area contributed by atoms with Gasteiger partial charge in [0.15, 0.2) is 6.61 Å². The summed E-state index contributed by atoms with van der Waals surface area (Å²) in [6, 6.07) is 11.0. The van der Waals surface area contributed by atoms with Crippen LogP contribution in [0.2, 0.25) is 5.15 Å². The molecule has 3 rings (SSSR count). The zero-order chi connectivity index (χ0) is 18.4. The second-order valence-electron chi connectivity index (χ2n) is 6.15. The molecule has 2 aromatic rings. The smallest absolute Gasteiger partial charge is 0.258 e. The zero-order valence-electron chi connectivity index (χ0n) is 14.2. The molecule has 0 spiro atoms. The van der Waals surface area contributed by atoms with Crippen LogP contribution < -0.4 is 15.4 Å². The van der Waals surface area contributed by atoms with Crippen molar-refractivity contribution in [3.8, 4) is 5.75 Å². The standard InChI is InChI=1S/C19H20ClN3O3/c20-17-11-14(8-10-21-17)19(25)22-9-7-13-1-5-16(6-2-13)26-12-18(24)23-15-3-4-15/h1-2,5-6,8,10-11,15H,3-4,7,9,12H2,(H,22,25)(H,23,24). The van der Waals surface area contributed by atoms with E-state index in [0.717, 1.165) is 18.4 Å². The number of nitrogens with one attached hydrogen (secondary N) is 2. The topological polar surface area (TPSA) is 80.3 Å². The molecule has 7 heteroatoms. The number of aromatic nitrogens is 1. The van der Waals surface area contributed by atoms with Gasteiger partial charge in [0, 0.05) is 24.3 Å². The minimum atomic E-state index is -0.184. The number of ether oxygens (including phenoxy) is 1. The number of halogens is 1. The van der Waals surface area contributed by atoms with Gasteiger partial charge in [-0.1, -0.05) is 23.7 Å². The Balaban J connectivity index is 1.39. The van der Waals surface area contributed by atoms with E-state index in [1.54, 1.807) is 6.07 Å². The number of amides is 2. The Hall–Kier alpha value is -2.60. The molecular weight excluding hydrogens is 354 g/mol. The van der Waals surface area contributed by atoms with Crippen LogP contribution in [0.4, 0.5) is 0 Å². The van der Waals surface area contributed by atoms with E-state index in [2.05, 4.69) is 15.6 Å². The molecule has 1 aliphatic carbocycles. The van der Waals surface area contributed by atoms with Gasteiger partial charge in [0.1, 0.15) is 10.9 Å². The van der Waals surface area contributed by atoms with Gasteiger partial charge in [0.2, 0.25) is 0 Å². The minimum Gasteiger partial charge on any atom is -0.484 e. The van der Waals surface area contributed by atoms with Crippen LogP contribution in [-0.4, -0.2) is 36.0 Å². The first kappa shape index (κ1) is 18.2. The van der Waals surface area contributed by atoms with Gasteiger partial charge in [0.05, 0.1) is 0 Å². The maximum atomic E-state index is 12.0. The first-order valence-electron chi connectivity index (χ1n) is 8.51. The monoisotopic (exact) mass is 373 g/mol. The lowest BCUT2D eigenvalue weighted by Crippen LogP contribution is -2.30. The summed E-state index contributed by atoms with van der Waals surface area (Å²) < 4.78 is 5.46. The Morgan fingerprint density at radius 2 is 1.96 bits per heavy atom. The Kier molecular flexibility index (Phi) is 6.07. The first-order chi connectivity index (χ1) is 12.6. The van der Waals surface area contributed by atoms with Gasteiger partial charge in [-0.05, 0) is 49.1 Å². The molecule has 0 bridgehead atoms.